The van der Waals surface area contributed by atoms with Gasteiger partial charge >= 0.3 is 0 Å². The predicted octanol–water partition coefficient (Wildman–Crippen LogP) is 2.40. The van der Waals surface area contributed by atoms with E-state index in [1.54, 1.807) is 12.1 Å². The van der Waals surface area contributed by atoms with Crippen LogP contribution in [-0.4, -0.2) is 40.3 Å². The Morgan fingerprint density at radius 2 is 1.48 bits per heavy atom. The minimum Gasteiger partial charge on any atom is -0.354 e. The summed E-state index contributed by atoms with van der Waals surface area (Å²) in [6, 6.07) is 11.9. The Labute approximate surface area is 164 Å². The van der Waals surface area contributed by atoms with Crippen molar-refractivity contribution in [1.82, 2.24) is 5.32 Å². The normalized spacial score (nSPS) is 13.1. The molecule has 146 valence electrons. The molecule has 0 radical (unpaired) electrons. The van der Waals surface area contributed by atoms with Crippen molar-refractivity contribution in [2.45, 2.75) is 28.9 Å². The van der Waals surface area contributed by atoms with Crippen LogP contribution in [0.2, 0.25) is 5.02 Å². The smallest absolute Gasteiger partial charge is 0.238 e. The molecule has 9 heteroatoms. The Bertz CT molecular complexity index is 1010. The Balaban J connectivity index is 2.00. The van der Waals surface area contributed by atoms with E-state index in [1.807, 2.05) is 6.92 Å². The Hall–Kier alpha value is -1.90. The van der Waals surface area contributed by atoms with Gasteiger partial charge in [0.05, 0.1) is 15.5 Å². The molecular formula is C18H20ClNO5S2. The van der Waals surface area contributed by atoms with Crippen molar-refractivity contribution in [3.8, 4) is 0 Å². The van der Waals surface area contributed by atoms with E-state index in [-0.39, 0.29) is 22.1 Å². The van der Waals surface area contributed by atoms with Gasteiger partial charge in [-0.25, -0.2) is 16.8 Å². The van der Waals surface area contributed by atoms with E-state index in [0.29, 0.717) is 5.02 Å². The van der Waals surface area contributed by atoms with Crippen LogP contribution in [0, 0.1) is 6.92 Å². The summed E-state index contributed by atoms with van der Waals surface area (Å²) < 4.78 is 49.5. The van der Waals surface area contributed by atoms with Gasteiger partial charge in [-0.3, -0.25) is 4.79 Å². The topological polar surface area (TPSA) is 97.4 Å². The lowest BCUT2D eigenvalue weighted by molar-refractivity contribution is -0.120. The molecule has 2 aromatic rings. The summed E-state index contributed by atoms with van der Waals surface area (Å²) in [5, 5.41) is 1.46. The molecule has 6 nitrogen and oxygen atoms in total. The van der Waals surface area contributed by atoms with Gasteiger partial charge < -0.3 is 5.32 Å². The molecule has 1 amide bonds. The van der Waals surface area contributed by atoms with Gasteiger partial charge in [-0.05, 0) is 50.2 Å². The largest absolute Gasteiger partial charge is 0.354 e. The molecule has 0 heterocycles. The first-order valence-corrected chi connectivity index (χ1v) is 11.7. The number of sulfone groups is 2. The van der Waals surface area contributed by atoms with E-state index in [1.165, 1.54) is 43.3 Å². The molecular weight excluding hydrogens is 410 g/mol. The fourth-order valence-electron chi connectivity index (χ4n) is 2.29. The molecule has 0 spiro atoms. The lowest BCUT2D eigenvalue weighted by Crippen LogP contribution is -2.39. The summed E-state index contributed by atoms with van der Waals surface area (Å²) in [6.45, 7) is 2.91. The zero-order valence-electron chi connectivity index (χ0n) is 14.8. The molecule has 2 rings (SSSR count). The van der Waals surface area contributed by atoms with Crippen molar-refractivity contribution in [3.63, 3.8) is 0 Å². The third kappa shape index (κ3) is 5.31. The second-order valence-corrected chi connectivity index (χ2v) is 10.9. The van der Waals surface area contributed by atoms with Crippen molar-refractivity contribution >= 4 is 37.2 Å². The van der Waals surface area contributed by atoms with Crippen LogP contribution in [-0.2, 0) is 24.5 Å². The molecule has 0 unspecified atom stereocenters. The molecule has 0 aliphatic carbocycles. The number of aryl methyl sites for hydroxylation is 1. The van der Waals surface area contributed by atoms with Gasteiger partial charge in [0.15, 0.2) is 19.7 Å². The zero-order valence-corrected chi connectivity index (χ0v) is 17.2. The molecule has 0 aromatic heterocycles. The average molecular weight is 430 g/mol. The number of amides is 1. The summed E-state index contributed by atoms with van der Waals surface area (Å²) >= 11 is 5.74. The highest BCUT2D eigenvalue weighted by Gasteiger charge is 2.29. The number of hydrogen-bond acceptors (Lipinski definition) is 5. The van der Waals surface area contributed by atoms with Crippen LogP contribution >= 0.6 is 11.6 Å². The number of hydrogen-bond donors (Lipinski definition) is 1. The minimum atomic E-state index is -3.85. The number of nitrogens with one attached hydrogen (secondary N) is 1. The summed E-state index contributed by atoms with van der Waals surface area (Å²) in [7, 11) is -7.47. The third-order valence-corrected chi connectivity index (χ3v) is 8.09. The first-order valence-electron chi connectivity index (χ1n) is 8.10. The third-order valence-electron chi connectivity index (χ3n) is 4.03. The Morgan fingerprint density at radius 3 is 2.04 bits per heavy atom. The quantitative estimate of drug-likeness (QED) is 0.728. The Kier molecular flexibility index (Phi) is 6.67. The summed E-state index contributed by atoms with van der Waals surface area (Å²) in [5.41, 5.74) is 0.901. The van der Waals surface area contributed by atoms with Crippen LogP contribution in [0.4, 0.5) is 0 Å². The van der Waals surface area contributed by atoms with Gasteiger partial charge in [0, 0.05) is 11.6 Å². The molecule has 0 fully saturated rings. The number of halogens is 1. The molecule has 1 N–H and O–H groups in total. The van der Waals surface area contributed by atoms with E-state index in [9.17, 15) is 21.6 Å². The van der Waals surface area contributed by atoms with Crippen LogP contribution < -0.4 is 5.32 Å². The number of carbonyl (C=O) groups excluding carboxylic acids is 1. The predicted molar refractivity (Wildman–Crippen MR) is 104 cm³/mol. The van der Waals surface area contributed by atoms with Crippen LogP contribution in [0.15, 0.2) is 58.3 Å². The molecule has 27 heavy (non-hydrogen) atoms. The van der Waals surface area contributed by atoms with Crippen molar-refractivity contribution in [2.75, 3.05) is 12.3 Å². The first-order chi connectivity index (χ1) is 12.5. The fourth-order valence-corrected chi connectivity index (χ4v) is 4.86. The van der Waals surface area contributed by atoms with Crippen LogP contribution in [0.5, 0.6) is 0 Å². The monoisotopic (exact) mass is 429 g/mol. The van der Waals surface area contributed by atoms with E-state index in [4.69, 9.17) is 11.6 Å². The maximum Gasteiger partial charge on any atom is 0.238 e. The van der Waals surface area contributed by atoms with Gasteiger partial charge in [-0.1, -0.05) is 29.3 Å². The van der Waals surface area contributed by atoms with E-state index >= 15 is 0 Å². The van der Waals surface area contributed by atoms with E-state index < -0.39 is 30.8 Å². The first kappa shape index (κ1) is 21.4. The van der Waals surface area contributed by atoms with Crippen LogP contribution in [0.1, 0.15) is 12.5 Å². The van der Waals surface area contributed by atoms with Gasteiger partial charge in [0.1, 0.15) is 5.25 Å². The molecule has 1 atom stereocenters. The lowest BCUT2D eigenvalue weighted by atomic mass is 10.2. The SMILES string of the molecule is Cc1ccc(S(=O)(=O)[C@H](C)C(=O)NCCS(=O)(=O)c2ccc(Cl)cc2)cc1. The van der Waals surface area contributed by atoms with Crippen LogP contribution in [0.25, 0.3) is 0 Å². The van der Waals surface area contributed by atoms with Crippen molar-refractivity contribution in [2.24, 2.45) is 0 Å². The zero-order chi connectivity index (χ0) is 20.2. The molecule has 0 saturated heterocycles. The maximum atomic E-state index is 12.5. The van der Waals surface area contributed by atoms with Crippen molar-refractivity contribution in [1.29, 1.82) is 0 Å². The molecule has 2 aromatic carbocycles. The fraction of sp³-hybridized carbons (Fsp3) is 0.278. The van der Waals surface area contributed by atoms with E-state index in [0.717, 1.165) is 5.56 Å². The molecule has 0 saturated carbocycles. The molecule has 0 bridgehead atoms. The standard InChI is InChI=1S/C18H20ClNO5S2/c1-13-3-7-17(8-4-13)27(24,25)14(2)18(21)20-11-12-26(22,23)16-9-5-15(19)6-10-16/h3-10,14H,11-12H2,1-2H3,(H,20,21)/t14-/m1/s1. The van der Waals surface area contributed by atoms with Gasteiger partial charge in [-0.2, -0.15) is 0 Å². The minimum absolute atomic E-state index is 0.0459. The molecule has 0 aliphatic heterocycles. The summed E-state index contributed by atoms with van der Waals surface area (Å²) in [4.78, 5) is 12.3. The lowest BCUT2D eigenvalue weighted by Gasteiger charge is -2.14. The average Bonchev–Trinajstić information content (AvgIpc) is 2.61. The van der Waals surface area contributed by atoms with Crippen molar-refractivity contribution < 1.29 is 21.6 Å². The van der Waals surface area contributed by atoms with Crippen molar-refractivity contribution in [3.05, 3.63) is 59.1 Å². The van der Waals surface area contributed by atoms with Gasteiger partial charge in [0.2, 0.25) is 5.91 Å². The summed E-state index contributed by atoms with van der Waals surface area (Å²) in [6.07, 6.45) is 0. The number of carbonyl (C=O) groups is 1. The van der Waals surface area contributed by atoms with E-state index in [2.05, 4.69) is 5.32 Å². The molecule has 0 aliphatic rings. The number of benzene rings is 2. The highest BCUT2D eigenvalue weighted by atomic mass is 35.5. The van der Waals surface area contributed by atoms with Gasteiger partial charge in [-0.15, -0.1) is 0 Å². The summed E-state index contributed by atoms with van der Waals surface area (Å²) in [5.74, 6) is -1.10. The second kappa shape index (κ2) is 8.41. The number of rotatable bonds is 7. The van der Waals surface area contributed by atoms with Crippen LogP contribution in [0.3, 0.4) is 0 Å². The highest BCUT2D eigenvalue weighted by molar-refractivity contribution is 7.92. The Morgan fingerprint density at radius 1 is 0.963 bits per heavy atom. The highest BCUT2D eigenvalue weighted by Crippen LogP contribution is 2.17. The maximum absolute atomic E-state index is 12.5. The second-order valence-electron chi connectivity index (χ2n) is 6.06. The van der Waals surface area contributed by atoms with Gasteiger partial charge in [0.25, 0.3) is 0 Å².